The number of hydrogen-bond donors (Lipinski definition) is 10. The molecule has 0 bridgehead atoms. The van der Waals surface area contributed by atoms with Gasteiger partial charge >= 0.3 is 82.5 Å². The molecule has 0 atom stereocenters. The van der Waals surface area contributed by atoms with Crippen molar-refractivity contribution in [3.63, 3.8) is 0 Å². The summed E-state index contributed by atoms with van der Waals surface area (Å²) in [6, 6.07) is 11.2. The van der Waals surface area contributed by atoms with Crippen LogP contribution in [0, 0.1) is 62.6 Å². The summed E-state index contributed by atoms with van der Waals surface area (Å²) in [6.07, 6.45) is -0.920. The Bertz CT molecular complexity index is 5290. The van der Waals surface area contributed by atoms with Crippen LogP contribution in [0.1, 0.15) is 153 Å². The molecule has 1 amide bonds. The first-order valence-electron chi connectivity index (χ1n) is 35.2. The fourth-order valence-electron chi connectivity index (χ4n) is 8.67. The van der Waals surface area contributed by atoms with E-state index in [2.05, 4.69) is 166 Å². The first kappa shape index (κ1) is 125. The van der Waals surface area contributed by atoms with Crippen LogP contribution in [0.25, 0.3) is 21.8 Å². The Morgan fingerprint density at radius 3 is 1.20 bits per heavy atom. The topological polar surface area (TPSA) is 524 Å². The summed E-state index contributed by atoms with van der Waals surface area (Å²) in [4.78, 5) is 141. The third-order valence-corrected chi connectivity index (χ3v) is 19.4. The van der Waals surface area contributed by atoms with Crippen molar-refractivity contribution >= 4 is 261 Å². The van der Waals surface area contributed by atoms with Gasteiger partial charge in [0.15, 0.2) is 40.5 Å². The zero-order valence-electron chi connectivity index (χ0n) is 69.4. The summed E-state index contributed by atoms with van der Waals surface area (Å²) in [5.41, 5.74) is 23.3. The molecule has 2 heterocycles. The number of carbonyl (C=O) groups is 10. The van der Waals surface area contributed by atoms with Gasteiger partial charge in [-0.25, -0.2) is 55.1 Å². The van der Waals surface area contributed by atoms with Gasteiger partial charge < -0.3 is 92.4 Å². The van der Waals surface area contributed by atoms with Crippen LogP contribution >= 0.6 is 158 Å². The quantitative estimate of drug-likeness (QED) is 0.00439. The van der Waals surface area contributed by atoms with Crippen LogP contribution < -0.4 is 79.6 Å². The molecular formula is C76H85Br6Cl5F6N8NaO23P. The number of aromatic hydroxyl groups is 1. The van der Waals surface area contributed by atoms with Gasteiger partial charge in [0.2, 0.25) is 16.6 Å². The van der Waals surface area contributed by atoms with Gasteiger partial charge in [0.25, 0.3) is 5.56 Å². The Balaban J connectivity index is -0.000000682. The summed E-state index contributed by atoms with van der Waals surface area (Å²) < 4.78 is 126. The number of nitrogens with one attached hydrogen (secondary N) is 3. The molecule has 0 saturated carbocycles. The van der Waals surface area contributed by atoms with E-state index in [1.54, 1.807) is 83.1 Å². The smallest absolute Gasteiger partial charge is 0.855 e. The van der Waals surface area contributed by atoms with Crippen molar-refractivity contribution in [3.05, 3.63) is 192 Å². The van der Waals surface area contributed by atoms with Crippen LogP contribution in [-0.2, 0) is 56.9 Å². The molecule has 126 heavy (non-hydrogen) atoms. The molecule has 15 N–H and O–H groups in total. The van der Waals surface area contributed by atoms with Crippen LogP contribution in [0.15, 0.2) is 85.0 Å². The number of nitrogens with two attached hydrogens (primary N) is 5. The largest absolute Gasteiger partial charge is 1.00 e. The fraction of sp³-hybridized carbons (Fsp3) is 0.316. The molecule has 6 aromatic carbocycles. The van der Waals surface area contributed by atoms with E-state index in [4.69, 9.17) is 74.3 Å². The first-order chi connectivity index (χ1) is 58.2. The summed E-state index contributed by atoms with van der Waals surface area (Å²) in [5.74, 6) is -11.9. The molecular weight excluding hydrogens is 2220 g/mol. The van der Waals surface area contributed by atoms with Crippen LogP contribution in [0.5, 0.6) is 5.75 Å². The Hall–Kier alpha value is -7.14. The number of pyridine rings is 2. The molecule has 31 nitrogen and oxygen atoms in total. The van der Waals surface area contributed by atoms with E-state index >= 15 is 0 Å². The van der Waals surface area contributed by atoms with E-state index in [0.717, 1.165) is 0 Å². The number of H-pyrrole nitrogens is 2. The number of nitrogen functional groups attached to an aromatic ring is 3. The number of halogens is 17. The number of carboxylic acid groups (broad SMARTS) is 1. The second kappa shape index (κ2) is 63.8. The Morgan fingerprint density at radius 2 is 0.794 bits per heavy atom. The molecule has 0 fully saturated rings. The molecule has 0 aliphatic rings. The number of aryl methyl sites for hydroxylation is 4. The van der Waals surface area contributed by atoms with Gasteiger partial charge in [0.1, 0.15) is 29.3 Å². The van der Waals surface area contributed by atoms with Gasteiger partial charge in [-0.2, -0.15) is 0 Å². The zero-order valence-corrected chi connectivity index (χ0v) is 85.6. The third-order valence-electron chi connectivity index (χ3n) is 13.9. The van der Waals surface area contributed by atoms with E-state index in [-0.39, 0.29) is 193 Å². The molecule has 8 aromatic rings. The number of aromatic nitrogens is 2. The number of benzene rings is 6. The Labute approximate surface area is 814 Å². The number of aromatic amines is 2. The van der Waals surface area contributed by atoms with Crippen molar-refractivity contribution < 1.29 is 157 Å². The molecule has 8 rings (SSSR count). The number of amides is 1. The Morgan fingerprint density at radius 1 is 0.476 bits per heavy atom. The van der Waals surface area contributed by atoms with E-state index in [1.165, 1.54) is 62.6 Å². The first-order valence-corrected chi connectivity index (χ1v) is 45.1. The van der Waals surface area contributed by atoms with Crippen LogP contribution in [0.2, 0.25) is 5.15 Å². The SMILES string of the molecule is CCOC(=O)CC(=O)Cl.CCOC(=O)CC(=O)Nc1c(C(=O)OCC)cc(C)c(Br)c1F.CCOC(=O)c1c(Cl)[nH]c2c(F)c(Br)c(C)cc2c1=O.CCOC(=O)c1c(O)c2cc(C)c(Br)c(F)c2[nH]c1=O.CCOC(=O)c1cc(C)c(Br)c(F)c1N.CCOC(=O)c1ccc(Br)c(F)c1N.CC[O-].CN.CN.Nc1c(C(=O)O)ccc(Br)c1F.O=P(Cl)(Cl)Cl.[Na+]. The van der Waals surface area contributed by atoms with Crippen molar-refractivity contribution in [1.82, 2.24) is 9.97 Å². The zero-order chi connectivity index (χ0) is 97.7. The van der Waals surface area contributed by atoms with Crippen LogP contribution in [0.3, 0.4) is 0 Å². The number of esters is 7. The number of ether oxygens (including phenoxy) is 7. The van der Waals surface area contributed by atoms with Crippen molar-refractivity contribution in [2.24, 2.45) is 11.5 Å². The minimum absolute atomic E-state index is 0. The fourth-order valence-corrected chi connectivity index (χ4v) is 11.0. The van der Waals surface area contributed by atoms with E-state index in [9.17, 15) is 93.5 Å². The molecule has 692 valence electrons. The number of carboxylic acids is 1. The van der Waals surface area contributed by atoms with E-state index in [1.807, 2.05) is 0 Å². The Kier molecular flexibility index (Phi) is 63.3. The van der Waals surface area contributed by atoms with Gasteiger partial charge in [0.05, 0.1) is 129 Å². The van der Waals surface area contributed by atoms with Gasteiger partial charge in [-0.15, -0.1) is 6.61 Å². The van der Waals surface area contributed by atoms with Gasteiger partial charge in [-0.05, 0) is 302 Å². The monoisotopic (exact) mass is 2290 g/mol. The summed E-state index contributed by atoms with van der Waals surface area (Å²) in [7, 11) is 3.00. The number of carbonyl (C=O) groups excluding carboxylic acids is 9. The molecule has 0 aliphatic heterocycles. The maximum atomic E-state index is 14.4. The van der Waals surface area contributed by atoms with E-state index in [0.29, 0.717) is 22.3 Å². The van der Waals surface area contributed by atoms with Gasteiger partial charge in [0, 0.05) is 10.8 Å². The van der Waals surface area contributed by atoms with Crippen molar-refractivity contribution in [2.75, 3.05) is 89.5 Å². The minimum Gasteiger partial charge on any atom is -0.855 e. The molecule has 50 heteroatoms. The summed E-state index contributed by atoms with van der Waals surface area (Å²) in [5, 5.41) is 25.7. The average molecular weight is 2300 g/mol. The molecule has 0 aliphatic carbocycles. The summed E-state index contributed by atoms with van der Waals surface area (Å²) >= 11 is 42.7. The number of aromatic carboxylic acids is 1. The van der Waals surface area contributed by atoms with Gasteiger partial charge in [-0.3, -0.25) is 33.3 Å². The van der Waals surface area contributed by atoms with E-state index < -0.39 is 128 Å². The second-order valence-corrected chi connectivity index (χ2v) is 34.8. The standard InChI is InChI=1S/C15H17BrFNO5.C13H10BrClFNO3.C13H11BrFNO4.C10H11BrFNO2.C9H9BrFNO2.C7H5BrFNO2.C5H7ClO3.C2H5O.2CH5N.Cl3OP.Na/c1-4-22-11(20)7-10(19)18-14-9(15(21)23-5-2)6-8(3)12(16)13(14)17;1-3-20-13(19)7-11(18)6-4-5(2)8(14)9(16)10(6)17-12(7)15;1-3-20-13(19)7-11(17)6-4-5(2)8(14)9(15)10(6)16-12(7)18;1-3-15-10(14)6-4-5(2)7(11)8(12)9(6)13;1-2-14-9(13)5-3-4-6(10)7(11)8(5)12;8-4-2-1-3(7(11)12)6(10)5(4)9;1-2-9-5(8)3-4(6)7;1-2-3;2*1-2;1-5(2,3)4;/h6H,4-5,7H2,1-3H3,(H,18,19);4H,3H2,1-2H3,(H,17,18);4H,3H2,1-2H3,(H2,16,17,18);4H,3,13H2,1-2H3;3-4H,2,12H2,1H3;1-2H,10H2,(H,11,12);2-3H2,1H3;2H2,1H3;2*2H2,1H3;;/q;;;;;;;-1;;;;+1. The number of anilines is 4. The molecule has 2 aromatic heterocycles. The third kappa shape index (κ3) is 40.9. The second-order valence-electron chi connectivity index (χ2n) is 22.4. The summed E-state index contributed by atoms with van der Waals surface area (Å²) in [6.45, 7) is 20.7. The normalized spacial score (nSPS) is 9.86. The number of hydrogen-bond acceptors (Lipinski definition) is 27. The van der Waals surface area contributed by atoms with Crippen molar-refractivity contribution in [3.8, 4) is 5.75 Å². The molecule has 0 saturated heterocycles. The minimum atomic E-state index is -3.22. The predicted molar refractivity (Wildman–Crippen MR) is 484 cm³/mol. The molecule has 0 spiro atoms. The molecule has 0 unspecified atom stereocenters. The van der Waals surface area contributed by atoms with Crippen molar-refractivity contribution in [2.45, 2.75) is 95.9 Å². The van der Waals surface area contributed by atoms with Crippen LogP contribution in [0.4, 0.5) is 49.1 Å². The van der Waals surface area contributed by atoms with Crippen LogP contribution in [-0.4, -0.2) is 146 Å². The van der Waals surface area contributed by atoms with Gasteiger partial charge in [-0.1, -0.05) is 18.5 Å². The number of rotatable bonds is 18. The maximum Gasteiger partial charge on any atom is 1.00 e. The maximum absolute atomic E-state index is 14.4. The molecule has 0 radical (unpaired) electrons. The predicted octanol–water partition coefficient (Wildman–Crippen LogP) is 15.1. The van der Waals surface area contributed by atoms with Crippen molar-refractivity contribution in [1.29, 1.82) is 0 Å². The average Bonchev–Trinajstić information content (AvgIpc) is 0.765. The number of fused-ring (bicyclic) bond motifs is 2.